The first-order valence-electron chi connectivity index (χ1n) is 6.40. The fourth-order valence-electron chi connectivity index (χ4n) is 2.57. The van der Waals surface area contributed by atoms with Crippen LogP contribution in [0.5, 0.6) is 0 Å². The van der Waals surface area contributed by atoms with Gasteiger partial charge in [0.05, 0.1) is 17.8 Å². The monoisotopic (exact) mass is 248 g/mol. The van der Waals surface area contributed by atoms with Gasteiger partial charge in [0.15, 0.2) is 0 Å². The molecule has 4 heteroatoms. The van der Waals surface area contributed by atoms with Gasteiger partial charge in [0.25, 0.3) is 0 Å². The molecule has 0 radical (unpaired) electrons. The van der Waals surface area contributed by atoms with Crippen molar-refractivity contribution >= 4 is 17.3 Å². The molecule has 0 bridgehead atoms. The number of hydrogen-bond acceptors (Lipinski definition) is 3. The highest BCUT2D eigenvalue weighted by Gasteiger charge is 2.18. The van der Waals surface area contributed by atoms with Crippen LogP contribution < -0.4 is 10.2 Å². The molecule has 0 aromatic heterocycles. The van der Waals surface area contributed by atoms with Gasteiger partial charge in [-0.15, -0.1) is 0 Å². The maximum absolute atomic E-state index is 10.7. The molecule has 1 aliphatic heterocycles. The molecular weight excluding hydrogens is 228 g/mol. The average molecular weight is 248 g/mol. The van der Waals surface area contributed by atoms with E-state index in [1.165, 1.54) is 16.8 Å². The van der Waals surface area contributed by atoms with E-state index in [-0.39, 0.29) is 6.42 Å². The van der Waals surface area contributed by atoms with E-state index < -0.39 is 5.97 Å². The summed E-state index contributed by atoms with van der Waals surface area (Å²) in [5.74, 6) is -0.737. The number of anilines is 2. The Labute approximate surface area is 108 Å². The first-order chi connectivity index (χ1) is 8.58. The number of aliphatic carboxylic acids is 1. The van der Waals surface area contributed by atoms with Crippen molar-refractivity contribution in [1.29, 1.82) is 0 Å². The normalized spacial score (nSPS) is 14.7. The second-order valence-corrected chi connectivity index (χ2v) is 4.89. The van der Waals surface area contributed by atoms with Crippen LogP contribution in [-0.4, -0.2) is 30.7 Å². The van der Waals surface area contributed by atoms with Crippen LogP contribution in [0.25, 0.3) is 0 Å². The van der Waals surface area contributed by atoms with Crippen molar-refractivity contribution in [2.45, 2.75) is 26.7 Å². The quantitative estimate of drug-likeness (QED) is 0.862. The highest BCUT2D eigenvalue weighted by Crippen LogP contribution is 2.33. The Hall–Kier alpha value is -1.71. The van der Waals surface area contributed by atoms with Gasteiger partial charge in [0, 0.05) is 19.6 Å². The van der Waals surface area contributed by atoms with E-state index in [9.17, 15) is 4.79 Å². The molecule has 0 atom stereocenters. The summed E-state index contributed by atoms with van der Waals surface area (Å²) in [7, 11) is 0. The Morgan fingerprint density at radius 3 is 2.94 bits per heavy atom. The summed E-state index contributed by atoms with van der Waals surface area (Å²) in [5, 5.41) is 12.3. The summed E-state index contributed by atoms with van der Waals surface area (Å²) in [4.78, 5) is 12.9. The second-order valence-electron chi connectivity index (χ2n) is 4.89. The number of nitrogens with one attached hydrogen (secondary N) is 1. The van der Waals surface area contributed by atoms with Crippen LogP contribution in [0.1, 0.15) is 24.0 Å². The van der Waals surface area contributed by atoms with E-state index in [2.05, 4.69) is 36.2 Å². The number of carbonyl (C=O) groups is 1. The van der Waals surface area contributed by atoms with Gasteiger partial charge in [-0.1, -0.05) is 6.07 Å². The molecular formula is C14H20N2O2. The predicted octanol–water partition coefficient (Wildman–Crippen LogP) is 2.40. The molecule has 18 heavy (non-hydrogen) atoms. The Balaban J connectivity index is 2.31. The van der Waals surface area contributed by atoms with Gasteiger partial charge in [-0.05, 0) is 37.5 Å². The first-order valence-corrected chi connectivity index (χ1v) is 6.40. The van der Waals surface area contributed by atoms with Crippen molar-refractivity contribution in [1.82, 2.24) is 0 Å². The SMILES string of the molecule is Cc1cc(C)c2c(c1)NCCCN2CCC(=O)O. The molecule has 0 unspecified atom stereocenters. The molecule has 0 spiro atoms. The Morgan fingerprint density at radius 1 is 1.44 bits per heavy atom. The topological polar surface area (TPSA) is 52.6 Å². The molecule has 1 aromatic carbocycles. The molecule has 0 saturated carbocycles. The molecule has 4 nitrogen and oxygen atoms in total. The van der Waals surface area contributed by atoms with Crippen LogP contribution in [0.4, 0.5) is 11.4 Å². The minimum absolute atomic E-state index is 0.187. The fraction of sp³-hybridized carbons (Fsp3) is 0.500. The average Bonchev–Trinajstić information content (AvgIpc) is 2.48. The zero-order chi connectivity index (χ0) is 13.1. The highest BCUT2D eigenvalue weighted by molar-refractivity contribution is 5.76. The van der Waals surface area contributed by atoms with Crippen LogP contribution in [0, 0.1) is 13.8 Å². The maximum atomic E-state index is 10.7. The first kappa shape index (κ1) is 12.7. The molecule has 1 aliphatic rings. The van der Waals surface area contributed by atoms with E-state index in [1.807, 2.05) is 0 Å². The number of aryl methyl sites for hydroxylation is 2. The Kier molecular flexibility index (Phi) is 3.75. The lowest BCUT2D eigenvalue weighted by Crippen LogP contribution is -2.27. The number of carboxylic acids is 1. The highest BCUT2D eigenvalue weighted by atomic mass is 16.4. The van der Waals surface area contributed by atoms with Crippen LogP contribution >= 0.6 is 0 Å². The van der Waals surface area contributed by atoms with Crippen LogP contribution in [0.3, 0.4) is 0 Å². The minimum Gasteiger partial charge on any atom is -0.481 e. The zero-order valence-electron chi connectivity index (χ0n) is 11.0. The van der Waals surface area contributed by atoms with Gasteiger partial charge in [-0.2, -0.15) is 0 Å². The van der Waals surface area contributed by atoms with Gasteiger partial charge < -0.3 is 15.3 Å². The van der Waals surface area contributed by atoms with E-state index in [4.69, 9.17) is 5.11 Å². The van der Waals surface area contributed by atoms with Gasteiger partial charge in [0.1, 0.15) is 0 Å². The number of benzene rings is 1. The standard InChI is InChI=1S/C14H20N2O2/c1-10-8-11(2)14-12(9-10)15-5-3-6-16(14)7-4-13(17)18/h8-9,15H,3-7H2,1-2H3,(H,17,18). The van der Waals surface area contributed by atoms with Crippen molar-refractivity contribution in [2.24, 2.45) is 0 Å². The summed E-state index contributed by atoms with van der Waals surface area (Å²) >= 11 is 0. The lowest BCUT2D eigenvalue weighted by Gasteiger charge is -2.26. The largest absolute Gasteiger partial charge is 0.481 e. The smallest absolute Gasteiger partial charge is 0.305 e. The van der Waals surface area contributed by atoms with Crippen molar-refractivity contribution in [2.75, 3.05) is 29.9 Å². The second kappa shape index (κ2) is 5.29. The molecule has 98 valence electrons. The Bertz CT molecular complexity index is 457. The van der Waals surface area contributed by atoms with Crippen LogP contribution in [-0.2, 0) is 4.79 Å². The number of hydrogen-bond donors (Lipinski definition) is 2. The van der Waals surface area contributed by atoms with Crippen molar-refractivity contribution in [3.8, 4) is 0 Å². The number of rotatable bonds is 3. The van der Waals surface area contributed by atoms with Gasteiger partial charge in [0.2, 0.25) is 0 Å². The Morgan fingerprint density at radius 2 is 2.22 bits per heavy atom. The zero-order valence-corrected chi connectivity index (χ0v) is 11.0. The van der Waals surface area contributed by atoms with Gasteiger partial charge >= 0.3 is 5.97 Å². The van der Waals surface area contributed by atoms with E-state index in [1.54, 1.807) is 0 Å². The molecule has 0 fully saturated rings. The summed E-state index contributed by atoms with van der Waals surface area (Å²) in [5.41, 5.74) is 4.75. The van der Waals surface area contributed by atoms with E-state index >= 15 is 0 Å². The molecule has 0 amide bonds. The third-order valence-electron chi connectivity index (χ3n) is 3.28. The fourth-order valence-corrected chi connectivity index (χ4v) is 2.57. The van der Waals surface area contributed by atoms with Crippen molar-refractivity contribution in [3.05, 3.63) is 23.3 Å². The summed E-state index contributed by atoms with van der Waals surface area (Å²) in [6.07, 6.45) is 1.22. The third-order valence-corrected chi connectivity index (χ3v) is 3.28. The van der Waals surface area contributed by atoms with Gasteiger partial charge in [-0.25, -0.2) is 0 Å². The molecule has 2 rings (SSSR count). The van der Waals surface area contributed by atoms with Crippen LogP contribution in [0.2, 0.25) is 0 Å². The van der Waals surface area contributed by atoms with E-state index in [0.29, 0.717) is 6.54 Å². The maximum Gasteiger partial charge on any atom is 0.305 e. The summed E-state index contributed by atoms with van der Waals surface area (Å²) in [6, 6.07) is 4.29. The van der Waals surface area contributed by atoms with E-state index in [0.717, 1.165) is 25.2 Å². The van der Waals surface area contributed by atoms with Crippen molar-refractivity contribution < 1.29 is 9.90 Å². The summed E-state index contributed by atoms with van der Waals surface area (Å²) in [6.45, 7) is 6.61. The van der Waals surface area contributed by atoms with Crippen molar-refractivity contribution in [3.63, 3.8) is 0 Å². The lowest BCUT2D eigenvalue weighted by atomic mass is 10.1. The van der Waals surface area contributed by atoms with Gasteiger partial charge in [-0.3, -0.25) is 4.79 Å². The number of fused-ring (bicyclic) bond motifs is 1. The number of carboxylic acid groups (broad SMARTS) is 1. The molecule has 2 N–H and O–H groups in total. The lowest BCUT2D eigenvalue weighted by molar-refractivity contribution is -0.136. The van der Waals surface area contributed by atoms with Crippen LogP contribution in [0.15, 0.2) is 12.1 Å². The minimum atomic E-state index is -0.737. The number of nitrogens with zero attached hydrogens (tertiary/aromatic N) is 1. The molecule has 0 saturated heterocycles. The third kappa shape index (κ3) is 2.75. The molecule has 1 aromatic rings. The summed E-state index contributed by atoms with van der Waals surface area (Å²) < 4.78 is 0. The molecule has 0 aliphatic carbocycles. The predicted molar refractivity (Wildman–Crippen MR) is 73.5 cm³/mol. The molecule has 1 heterocycles.